The highest BCUT2D eigenvalue weighted by molar-refractivity contribution is 5.95. The van der Waals surface area contributed by atoms with Gasteiger partial charge in [-0.15, -0.1) is 0 Å². The molecule has 1 atom stereocenters. The maximum absolute atomic E-state index is 13.0. The van der Waals surface area contributed by atoms with Crippen LogP contribution >= 0.6 is 0 Å². The van der Waals surface area contributed by atoms with Gasteiger partial charge in [-0.3, -0.25) is 14.2 Å². The van der Waals surface area contributed by atoms with Crippen molar-refractivity contribution in [3.8, 4) is 0 Å². The van der Waals surface area contributed by atoms with Crippen LogP contribution in [0.25, 0.3) is 0 Å². The molecule has 0 spiro atoms. The topological polar surface area (TPSA) is 56.0 Å². The zero-order chi connectivity index (χ0) is 16.7. The van der Waals surface area contributed by atoms with Crippen LogP contribution in [0.3, 0.4) is 0 Å². The Balaban J connectivity index is 1.89. The number of amides is 1. The number of aryl methyl sites for hydroxylation is 1. The first kappa shape index (κ1) is 15.8. The van der Waals surface area contributed by atoms with Crippen LogP contribution in [0, 0.1) is 6.92 Å². The van der Waals surface area contributed by atoms with Gasteiger partial charge < -0.3 is 4.90 Å². The molecule has 2 aromatic rings. The minimum atomic E-state index is 0.0381. The fourth-order valence-corrected chi connectivity index (χ4v) is 3.57. The lowest BCUT2D eigenvalue weighted by Crippen LogP contribution is -2.33. The zero-order valence-electron chi connectivity index (χ0n) is 14.6. The Hall–Kier alpha value is -2.11. The van der Waals surface area contributed by atoms with E-state index in [1.54, 1.807) is 6.20 Å². The smallest absolute Gasteiger partial charge is 0.257 e. The van der Waals surface area contributed by atoms with Crippen molar-refractivity contribution in [2.75, 3.05) is 7.05 Å². The van der Waals surface area contributed by atoms with E-state index in [2.05, 4.69) is 24.0 Å². The van der Waals surface area contributed by atoms with Crippen molar-refractivity contribution in [1.82, 2.24) is 24.5 Å². The second-order valence-corrected chi connectivity index (χ2v) is 6.68. The van der Waals surface area contributed by atoms with E-state index in [4.69, 9.17) is 0 Å². The molecule has 0 bridgehead atoms. The third-order valence-corrected chi connectivity index (χ3v) is 4.90. The van der Waals surface area contributed by atoms with Crippen LogP contribution in [0.15, 0.2) is 12.4 Å². The molecule has 0 fully saturated rings. The molecule has 124 valence electrons. The molecule has 0 saturated heterocycles. The summed E-state index contributed by atoms with van der Waals surface area (Å²) in [6.45, 7) is 6.10. The van der Waals surface area contributed by atoms with Crippen LogP contribution in [-0.4, -0.2) is 37.4 Å². The highest BCUT2D eigenvalue weighted by Gasteiger charge is 2.30. The summed E-state index contributed by atoms with van der Waals surface area (Å²) in [7, 11) is 3.86. The highest BCUT2D eigenvalue weighted by atomic mass is 16.2. The average molecular weight is 315 g/mol. The normalized spacial score (nSPS) is 17.4. The van der Waals surface area contributed by atoms with E-state index in [-0.39, 0.29) is 18.0 Å². The molecule has 3 rings (SSSR count). The summed E-state index contributed by atoms with van der Waals surface area (Å²) in [6, 6.07) is 0.350. The first-order valence-corrected chi connectivity index (χ1v) is 8.23. The summed E-state index contributed by atoms with van der Waals surface area (Å²) in [5.74, 6) is 0.0381. The van der Waals surface area contributed by atoms with Gasteiger partial charge in [0, 0.05) is 37.1 Å². The number of hydrogen-bond acceptors (Lipinski definition) is 3. The van der Waals surface area contributed by atoms with Crippen LogP contribution in [-0.2, 0) is 13.5 Å². The fourth-order valence-electron chi connectivity index (χ4n) is 3.57. The Labute approximate surface area is 137 Å². The van der Waals surface area contributed by atoms with E-state index in [9.17, 15) is 4.79 Å². The number of rotatable bonds is 3. The number of carbonyl (C=O) groups excluding carboxylic acids is 1. The van der Waals surface area contributed by atoms with Crippen molar-refractivity contribution >= 4 is 5.91 Å². The van der Waals surface area contributed by atoms with E-state index < -0.39 is 0 Å². The van der Waals surface area contributed by atoms with Gasteiger partial charge >= 0.3 is 0 Å². The summed E-state index contributed by atoms with van der Waals surface area (Å²) < 4.78 is 3.83. The highest BCUT2D eigenvalue weighted by Crippen LogP contribution is 2.34. The molecule has 6 heteroatoms. The molecule has 0 aliphatic heterocycles. The van der Waals surface area contributed by atoms with Gasteiger partial charge in [0.25, 0.3) is 5.91 Å². The van der Waals surface area contributed by atoms with Crippen molar-refractivity contribution in [2.24, 2.45) is 7.05 Å². The van der Waals surface area contributed by atoms with Gasteiger partial charge in [-0.05, 0) is 40.0 Å². The molecule has 2 heterocycles. The van der Waals surface area contributed by atoms with Crippen LogP contribution in [0.2, 0.25) is 0 Å². The van der Waals surface area contributed by atoms with Gasteiger partial charge in [-0.2, -0.15) is 10.2 Å². The first-order valence-electron chi connectivity index (χ1n) is 8.23. The predicted molar refractivity (Wildman–Crippen MR) is 88.3 cm³/mol. The maximum atomic E-state index is 13.0. The van der Waals surface area contributed by atoms with E-state index >= 15 is 0 Å². The van der Waals surface area contributed by atoms with Crippen molar-refractivity contribution in [2.45, 2.75) is 52.1 Å². The lowest BCUT2D eigenvalue weighted by atomic mass is 9.91. The molecule has 1 aliphatic rings. The van der Waals surface area contributed by atoms with Gasteiger partial charge in [0.15, 0.2) is 0 Å². The van der Waals surface area contributed by atoms with Gasteiger partial charge in [0.2, 0.25) is 0 Å². The molecule has 0 radical (unpaired) electrons. The monoisotopic (exact) mass is 315 g/mol. The Morgan fingerprint density at radius 3 is 2.74 bits per heavy atom. The molecule has 2 aromatic heterocycles. The molecular formula is C17H25N5O. The van der Waals surface area contributed by atoms with Crippen LogP contribution in [0.4, 0.5) is 0 Å². The Morgan fingerprint density at radius 2 is 2.09 bits per heavy atom. The molecule has 1 aliphatic carbocycles. The number of carbonyl (C=O) groups is 1. The Morgan fingerprint density at radius 1 is 1.35 bits per heavy atom. The second-order valence-electron chi connectivity index (χ2n) is 6.68. The molecular weight excluding hydrogens is 290 g/mol. The fraction of sp³-hybridized carbons (Fsp3) is 0.588. The first-order chi connectivity index (χ1) is 10.9. The minimum absolute atomic E-state index is 0.0381. The van der Waals surface area contributed by atoms with Gasteiger partial charge in [-0.25, -0.2) is 0 Å². The largest absolute Gasteiger partial charge is 0.334 e. The summed E-state index contributed by atoms with van der Waals surface area (Å²) in [5, 5.41) is 8.74. The molecule has 23 heavy (non-hydrogen) atoms. The number of fused-ring (bicyclic) bond motifs is 1. The number of hydrogen-bond donors (Lipinski definition) is 0. The Kier molecular flexibility index (Phi) is 4.00. The van der Waals surface area contributed by atoms with E-state index in [1.807, 2.05) is 41.5 Å². The molecule has 0 unspecified atom stereocenters. The summed E-state index contributed by atoms with van der Waals surface area (Å²) in [4.78, 5) is 14.8. The number of aromatic nitrogens is 4. The summed E-state index contributed by atoms with van der Waals surface area (Å²) in [5.41, 5.74) is 4.05. The third-order valence-electron chi connectivity index (χ3n) is 4.90. The van der Waals surface area contributed by atoms with E-state index in [0.29, 0.717) is 5.56 Å². The van der Waals surface area contributed by atoms with Crippen LogP contribution < -0.4 is 0 Å². The summed E-state index contributed by atoms with van der Waals surface area (Å²) in [6.07, 6.45) is 6.71. The van der Waals surface area contributed by atoms with Crippen molar-refractivity contribution in [3.63, 3.8) is 0 Å². The van der Waals surface area contributed by atoms with E-state index in [1.165, 1.54) is 11.3 Å². The molecule has 0 aromatic carbocycles. The minimum Gasteiger partial charge on any atom is -0.334 e. The quantitative estimate of drug-likeness (QED) is 0.875. The molecule has 0 N–H and O–H groups in total. The summed E-state index contributed by atoms with van der Waals surface area (Å²) >= 11 is 0. The molecule has 0 saturated carbocycles. The van der Waals surface area contributed by atoms with Gasteiger partial charge in [-0.1, -0.05) is 0 Å². The van der Waals surface area contributed by atoms with Crippen molar-refractivity contribution in [3.05, 3.63) is 34.9 Å². The average Bonchev–Trinajstić information content (AvgIpc) is 3.09. The lowest BCUT2D eigenvalue weighted by Gasteiger charge is -2.31. The van der Waals surface area contributed by atoms with Crippen molar-refractivity contribution < 1.29 is 4.79 Å². The molecule has 1 amide bonds. The third kappa shape index (κ3) is 2.56. The standard InChI is InChI=1S/C17H25N5O/c1-11(2)22-12(3)13(9-19-22)17(23)20(4)15-7-6-8-16-14(15)10-18-21(16)5/h9-11,15H,6-8H2,1-5H3/t15-/m0/s1. The maximum Gasteiger partial charge on any atom is 0.257 e. The lowest BCUT2D eigenvalue weighted by molar-refractivity contribution is 0.0713. The van der Waals surface area contributed by atoms with Gasteiger partial charge in [0.1, 0.15) is 0 Å². The molecule has 6 nitrogen and oxygen atoms in total. The Bertz CT molecular complexity index is 727. The van der Waals surface area contributed by atoms with Crippen LogP contribution in [0.5, 0.6) is 0 Å². The van der Waals surface area contributed by atoms with Crippen molar-refractivity contribution in [1.29, 1.82) is 0 Å². The zero-order valence-corrected chi connectivity index (χ0v) is 14.6. The second kappa shape index (κ2) is 5.83. The van der Waals surface area contributed by atoms with Gasteiger partial charge in [0.05, 0.1) is 24.0 Å². The predicted octanol–water partition coefficient (Wildman–Crippen LogP) is 2.66. The number of nitrogens with zero attached hydrogens (tertiary/aromatic N) is 5. The van der Waals surface area contributed by atoms with E-state index in [0.717, 1.165) is 25.0 Å². The van der Waals surface area contributed by atoms with Crippen LogP contribution in [0.1, 0.15) is 66.1 Å². The SMILES string of the molecule is Cc1c(C(=O)N(C)[C@H]2CCCc3c2cnn3C)cnn1C(C)C.